The molecule has 4 aliphatic rings. The number of nitrogens with one attached hydrogen (secondary N) is 1. The van der Waals surface area contributed by atoms with Crippen LogP contribution in [0.2, 0.25) is 5.02 Å². The van der Waals surface area contributed by atoms with Crippen molar-refractivity contribution in [2.24, 2.45) is 11.8 Å². The summed E-state index contributed by atoms with van der Waals surface area (Å²) in [5.41, 5.74) is 3.23. The van der Waals surface area contributed by atoms with E-state index in [1.165, 1.54) is 11.1 Å². The number of hydrogen-bond acceptors (Lipinski definition) is 7. The van der Waals surface area contributed by atoms with Crippen LogP contribution in [0.3, 0.4) is 0 Å². The van der Waals surface area contributed by atoms with Gasteiger partial charge in [0, 0.05) is 33.6 Å². The van der Waals surface area contributed by atoms with Crippen molar-refractivity contribution in [3.8, 4) is 11.5 Å². The second-order valence-electron chi connectivity index (χ2n) is 14.0. The predicted octanol–water partition coefficient (Wildman–Crippen LogP) is 7.21. The lowest BCUT2D eigenvalue weighted by atomic mass is 9.68. The molecule has 49 heavy (non-hydrogen) atoms. The van der Waals surface area contributed by atoms with E-state index in [1.807, 2.05) is 42.5 Å². The molecular formula is C38H42BrClN2O6S. The molecule has 2 bridgehead atoms. The van der Waals surface area contributed by atoms with E-state index in [9.17, 15) is 18.3 Å². The van der Waals surface area contributed by atoms with Crippen molar-refractivity contribution < 1.29 is 27.8 Å². The number of aryl methyl sites for hydroxylation is 1. The van der Waals surface area contributed by atoms with E-state index in [1.54, 1.807) is 18.2 Å². The Balaban J connectivity index is 1.20. The third-order valence-electron chi connectivity index (χ3n) is 10.9. The Labute approximate surface area is 302 Å². The monoisotopic (exact) mass is 768 g/mol. The van der Waals surface area contributed by atoms with Gasteiger partial charge in [0.05, 0.1) is 30.3 Å². The number of benzene rings is 3. The summed E-state index contributed by atoms with van der Waals surface area (Å²) < 4.78 is 43.2. The maximum Gasteiger partial charge on any atom is 0.264 e. The average molecular weight is 770 g/mol. The Morgan fingerprint density at radius 3 is 2.71 bits per heavy atom. The van der Waals surface area contributed by atoms with Crippen LogP contribution >= 0.6 is 27.5 Å². The number of anilines is 1. The fourth-order valence-electron chi connectivity index (χ4n) is 8.04. The summed E-state index contributed by atoms with van der Waals surface area (Å²) in [6.45, 7) is 2.02. The van der Waals surface area contributed by atoms with Crippen molar-refractivity contribution in [2.75, 3.05) is 31.2 Å². The summed E-state index contributed by atoms with van der Waals surface area (Å²) >= 11 is 9.83. The van der Waals surface area contributed by atoms with Gasteiger partial charge < -0.3 is 19.5 Å². The molecule has 5 atom stereocenters. The molecule has 1 fully saturated rings. The zero-order chi connectivity index (χ0) is 34.2. The van der Waals surface area contributed by atoms with E-state index in [0.717, 1.165) is 47.3 Å². The molecule has 1 spiro atoms. The molecule has 3 aromatic carbocycles. The number of fused-ring (bicyclic) bond motifs is 4. The maximum atomic E-state index is 13.7. The van der Waals surface area contributed by atoms with Gasteiger partial charge in [0.15, 0.2) is 0 Å². The van der Waals surface area contributed by atoms with Gasteiger partial charge in [-0.2, -0.15) is 0 Å². The summed E-state index contributed by atoms with van der Waals surface area (Å²) in [7, 11) is -4.07. The van der Waals surface area contributed by atoms with Gasteiger partial charge in [-0.05, 0) is 129 Å². The lowest BCUT2D eigenvalue weighted by Gasteiger charge is -2.45. The number of aliphatic hydroxyl groups excluding tert-OH is 1. The van der Waals surface area contributed by atoms with Gasteiger partial charge in [-0.15, -0.1) is 0 Å². The van der Waals surface area contributed by atoms with Gasteiger partial charge in [-0.1, -0.05) is 45.7 Å². The molecule has 1 saturated carbocycles. The fraction of sp³-hybridized carbons (Fsp3) is 0.447. The number of amides is 1. The van der Waals surface area contributed by atoms with Crippen molar-refractivity contribution in [1.29, 1.82) is 0 Å². The van der Waals surface area contributed by atoms with Crippen LogP contribution in [0.1, 0.15) is 66.4 Å². The number of nitrogens with zero attached hydrogens (tertiary/aromatic N) is 1. The van der Waals surface area contributed by atoms with E-state index in [2.05, 4.69) is 37.7 Å². The first-order chi connectivity index (χ1) is 23.6. The molecular weight excluding hydrogens is 728 g/mol. The Hall–Kier alpha value is -3.05. The van der Waals surface area contributed by atoms with Crippen LogP contribution in [-0.2, 0) is 21.9 Å². The number of sulfonamides is 1. The van der Waals surface area contributed by atoms with Crippen LogP contribution in [0, 0.1) is 11.8 Å². The Bertz CT molecular complexity index is 1840. The van der Waals surface area contributed by atoms with Crippen LogP contribution in [-0.4, -0.2) is 57.1 Å². The van der Waals surface area contributed by atoms with E-state index in [0.29, 0.717) is 37.6 Å². The predicted molar refractivity (Wildman–Crippen MR) is 195 cm³/mol. The summed E-state index contributed by atoms with van der Waals surface area (Å²) in [6, 6.07) is 18.7. The molecule has 8 nitrogen and oxygen atoms in total. The lowest BCUT2D eigenvalue weighted by molar-refractivity contribution is 0.0456. The highest BCUT2D eigenvalue weighted by Gasteiger charge is 2.44. The van der Waals surface area contributed by atoms with Crippen molar-refractivity contribution >= 4 is 49.1 Å². The average Bonchev–Trinajstić information content (AvgIpc) is 3.21. The Morgan fingerprint density at radius 1 is 1.08 bits per heavy atom. The number of aliphatic hydroxyl groups is 1. The van der Waals surface area contributed by atoms with E-state index < -0.39 is 27.3 Å². The second kappa shape index (κ2) is 14.3. The normalized spacial score (nSPS) is 28.6. The number of halogens is 2. The minimum atomic E-state index is -4.07. The Morgan fingerprint density at radius 2 is 1.92 bits per heavy atom. The summed E-state index contributed by atoms with van der Waals surface area (Å²) in [5, 5.41) is 11.1. The highest BCUT2D eigenvalue weighted by atomic mass is 79.9. The minimum Gasteiger partial charge on any atom is -0.494 e. The number of hydrogen-bond donors (Lipinski definition) is 2. The second-order valence-corrected chi connectivity index (χ2v) is 17.3. The number of allylic oxidation sites excluding steroid dienone is 1. The van der Waals surface area contributed by atoms with Crippen LogP contribution in [0.4, 0.5) is 5.69 Å². The first-order valence-corrected chi connectivity index (χ1v) is 19.9. The highest BCUT2D eigenvalue weighted by molar-refractivity contribution is 9.10. The molecule has 0 saturated heterocycles. The van der Waals surface area contributed by atoms with Crippen LogP contribution < -0.4 is 19.1 Å². The van der Waals surface area contributed by atoms with E-state index in [-0.39, 0.29) is 42.3 Å². The maximum absolute atomic E-state index is 13.7. The fourth-order valence-corrected chi connectivity index (χ4v) is 9.89. The number of ether oxygens (including phenoxy) is 2. The van der Waals surface area contributed by atoms with Gasteiger partial charge in [0.1, 0.15) is 11.5 Å². The number of carbonyl (C=O) groups is 1. The number of carbonyl (C=O) groups excluding carboxylic acids is 1. The SMILES string of the molecule is O=C1NS(=O)(=O)[C@@H](CCOc2ccc(Br)cc2)CC/C=C/[C@H](O)[C@@H]2CC[C@H]2CN2C[C@@]3(CCCc4cc(Cl)ccc43)COc3ccc1cc32. The van der Waals surface area contributed by atoms with Gasteiger partial charge in [-0.25, -0.2) is 13.1 Å². The molecule has 2 aliphatic heterocycles. The molecule has 0 radical (unpaired) electrons. The van der Waals surface area contributed by atoms with Gasteiger partial charge in [0.25, 0.3) is 5.91 Å². The quantitative estimate of drug-likeness (QED) is 0.271. The molecule has 2 aliphatic carbocycles. The number of rotatable bonds is 4. The summed E-state index contributed by atoms with van der Waals surface area (Å²) in [6.07, 6.45) is 8.85. The van der Waals surface area contributed by atoms with Gasteiger partial charge >= 0.3 is 0 Å². The molecule has 0 aromatic heterocycles. The van der Waals surface area contributed by atoms with Crippen molar-refractivity contribution in [2.45, 2.75) is 68.1 Å². The summed E-state index contributed by atoms with van der Waals surface area (Å²) in [5.74, 6) is 0.978. The molecule has 3 aromatic rings. The molecule has 2 heterocycles. The minimum absolute atomic E-state index is 0.0931. The standard InChI is InChI=1S/C38H42BrClN2O6S/c39-28-9-12-30(13-10-28)47-19-17-31-5-1-2-6-35(43)32-14-7-27(32)22-42-23-38(18-3-4-25-20-29(40)11-15-33(25)38)24-48-36-16-8-26(21-34(36)42)37(44)41-49(31,45)46/h2,6,8-13,15-16,20-21,27,31-32,35,43H,1,3-5,7,14,17-19,22-24H2,(H,41,44)/b6-2+/t27-,31+,32+,35-,38-/m0/s1. The van der Waals surface area contributed by atoms with E-state index >= 15 is 0 Å². The molecule has 11 heteroatoms. The Kier molecular flexibility index (Phi) is 10.0. The highest BCUT2D eigenvalue weighted by Crippen LogP contribution is 2.46. The van der Waals surface area contributed by atoms with Crippen LogP contribution in [0.5, 0.6) is 11.5 Å². The topological polar surface area (TPSA) is 105 Å². The third-order valence-corrected chi connectivity index (χ3v) is 13.4. The van der Waals surface area contributed by atoms with E-state index in [4.69, 9.17) is 21.1 Å². The largest absolute Gasteiger partial charge is 0.494 e. The van der Waals surface area contributed by atoms with Gasteiger partial charge in [0.2, 0.25) is 10.0 Å². The molecule has 1 amide bonds. The zero-order valence-corrected chi connectivity index (χ0v) is 30.5. The van der Waals surface area contributed by atoms with Crippen LogP contribution in [0.25, 0.3) is 0 Å². The summed E-state index contributed by atoms with van der Waals surface area (Å²) in [4.78, 5) is 16.0. The lowest BCUT2D eigenvalue weighted by Crippen LogP contribution is -2.49. The molecule has 2 N–H and O–H groups in total. The first-order valence-electron chi connectivity index (χ1n) is 17.2. The van der Waals surface area contributed by atoms with Crippen LogP contribution in [0.15, 0.2) is 77.3 Å². The van der Waals surface area contributed by atoms with Crippen molar-refractivity contribution in [1.82, 2.24) is 4.72 Å². The van der Waals surface area contributed by atoms with Crippen molar-refractivity contribution in [3.63, 3.8) is 0 Å². The first kappa shape index (κ1) is 34.4. The third kappa shape index (κ3) is 7.39. The molecule has 260 valence electrons. The molecule has 0 unspecified atom stereocenters. The van der Waals surface area contributed by atoms with Crippen molar-refractivity contribution in [3.05, 3.63) is 99.0 Å². The molecule has 7 rings (SSSR count). The smallest absolute Gasteiger partial charge is 0.264 e. The zero-order valence-electron chi connectivity index (χ0n) is 27.3. The van der Waals surface area contributed by atoms with Gasteiger partial charge in [-0.3, -0.25) is 4.79 Å².